The van der Waals surface area contributed by atoms with Crippen molar-refractivity contribution in [3.05, 3.63) is 0 Å². The van der Waals surface area contributed by atoms with Crippen molar-refractivity contribution in [3.8, 4) is 0 Å². The minimum atomic E-state index is 0.0596. The number of carbonyl (C=O) groups excluding carboxylic acids is 1. The van der Waals surface area contributed by atoms with E-state index in [1.165, 1.54) is 11.9 Å². The molecule has 0 rings (SSSR count). The molecule has 2 N–H and O–H groups in total. The van der Waals surface area contributed by atoms with Crippen LogP contribution in [0.1, 0.15) is 20.3 Å². The molecule has 0 unspecified atom stereocenters. The van der Waals surface area contributed by atoms with E-state index in [2.05, 4.69) is 10.0 Å². The summed E-state index contributed by atoms with van der Waals surface area (Å²) in [5.41, 5.74) is 0. The van der Waals surface area contributed by atoms with E-state index in [-0.39, 0.29) is 11.8 Å². The number of carbonyl (C=O) groups is 1. The fraction of sp³-hybridized carbons (Fsp3) is 0.900. The minimum Gasteiger partial charge on any atom is -0.380 e. The predicted molar refractivity (Wildman–Crippen MR) is 64.8 cm³/mol. The van der Waals surface area contributed by atoms with Crippen LogP contribution in [0.25, 0.3) is 0 Å². The molecule has 0 aliphatic carbocycles. The summed E-state index contributed by atoms with van der Waals surface area (Å²) in [6, 6.07) is 0. The molecule has 15 heavy (non-hydrogen) atoms. The number of ether oxygens (including phenoxy) is 1. The topological polar surface area (TPSA) is 50.4 Å². The van der Waals surface area contributed by atoms with Gasteiger partial charge in [-0.1, -0.05) is 25.8 Å². The van der Waals surface area contributed by atoms with Gasteiger partial charge in [-0.3, -0.25) is 9.52 Å². The van der Waals surface area contributed by atoms with Crippen LogP contribution in [0.2, 0.25) is 0 Å². The number of hydrogen-bond acceptors (Lipinski definition) is 4. The molecule has 0 saturated carbocycles. The van der Waals surface area contributed by atoms with E-state index < -0.39 is 0 Å². The monoisotopic (exact) mass is 234 g/mol. The van der Waals surface area contributed by atoms with Gasteiger partial charge in [-0.05, 0) is 13.5 Å². The molecular formula is C10H22N2O2S. The first-order valence-electron chi connectivity index (χ1n) is 5.32. The Morgan fingerprint density at radius 2 is 2.13 bits per heavy atom. The van der Waals surface area contributed by atoms with Crippen LogP contribution in [-0.2, 0) is 9.53 Å². The summed E-state index contributed by atoms with van der Waals surface area (Å²) in [6.45, 7) is 6.16. The van der Waals surface area contributed by atoms with Gasteiger partial charge in [0.25, 0.3) is 0 Å². The van der Waals surface area contributed by atoms with E-state index in [0.29, 0.717) is 0 Å². The first kappa shape index (κ1) is 14.7. The summed E-state index contributed by atoms with van der Waals surface area (Å²) >= 11 is 1.46. The number of nitrogens with one attached hydrogen (secondary N) is 2. The quantitative estimate of drug-likeness (QED) is 0.462. The second-order valence-electron chi connectivity index (χ2n) is 3.54. The van der Waals surface area contributed by atoms with Gasteiger partial charge in [-0.25, -0.2) is 0 Å². The van der Waals surface area contributed by atoms with E-state index in [0.717, 1.165) is 31.9 Å². The molecule has 0 spiro atoms. The second-order valence-corrected chi connectivity index (χ2v) is 4.44. The van der Waals surface area contributed by atoms with Crippen molar-refractivity contribution in [1.29, 1.82) is 0 Å². The zero-order valence-electron chi connectivity index (χ0n) is 9.84. The SMILES string of the molecule is CNCCOCCCSNC(=O)C(C)C. The molecule has 5 heteroatoms. The predicted octanol–water partition coefficient (Wildman–Crippen LogP) is 1.03. The van der Waals surface area contributed by atoms with Gasteiger partial charge in [0.05, 0.1) is 6.61 Å². The first-order chi connectivity index (χ1) is 7.18. The van der Waals surface area contributed by atoms with Gasteiger partial charge in [0.1, 0.15) is 0 Å². The summed E-state index contributed by atoms with van der Waals surface area (Å²) in [6.07, 6.45) is 0.965. The van der Waals surface area contributed by atoms with Gasteiger partial charge in [-0.15, -0.1) is 0 Å². The lowest BCUT2D eigenvalue weighted by Crippen LogP contribution is -2.22. The van der Waals surface area contributed by atoms with E-state index in [9.17, 15) is 4.79 Å². The van der Waals surface area contributed by atoms with E-state index in [1.807, 2.05) is 20.9 Å². The number of amides is 1. The third kappa shape index (κ3) is 10.0. The lowest BCUT2D eigenvalue weighted by molar-refractivity contribution is -0.122. The largest absolute Gasteiger partial charge is 0.380 e. The van der Waals surface area contributed by atoms with Gasteiger partial charge in [0, 0.05) is 24.8 Å². The molecule has 0 radical (unpaired) electrons. The highest BCUT2D eigenvalue weighted by molar-refractivity contribution is 7.97. The highest BCUT2D eigenvalue weighted by atomic mass is 32.2. The highest BCUT2D eigenvalue weighted by Gasteiger charge is 2.04. The fourth-order valence-electron chi connectivity index (χ4n) is 0.749. The van der Waals surface area contributed by atoms with Gasteiger partial charge in [-0.2, -0.15) is 0 Å². The van der Waals surface area contributed by atoms with Crippen LogP contribution >= 0.6 is 11.9 Å². The number of hydrogen-bond donors (Lipinski definition) is 2. The average molecular weight is 234 g/mol. The average Bonchev–Trinajstić information content (AvgIpc) is 2.21. The summed E-state index contributed by atoms with van der Waals surface area (Å²) in [7, 11) is 1.90. The number of likely N-dealkylation sites (N-methyl/N-ethyl adjacent to an activating group) is 1. The standard InChI is InChI=1S/C10H22N2O2S/c1-9(2)10(13)12-15-8-4-6-14-7-5-11-3/h9,11H,4-8H2,1-3H3,(H,12,13). The zero-order valence-corrected chi connectivity index (χ0v) is 10.7. The third-order valence-corrected chi connectivity index (χ3v) is 2.57. The van der Waals surface area contributed by atoms with Crippen LogP contribution < -0.4 is 10.0 Å². The van der Waals surface area contributed by atoms with Crippen LogP contribution in [0.4, 0.5) is 0 Å². The van der Waals surface area contributed by atoms with Gasteiger partial charge < -0.3 is 10.1 Å². The van der Waals surface area contributed by atoms with Gasteiger partial charge in [0.2, 0.25) is 5.91 Å². The smallest absolute Gasteiger partial charge is 0.232 e. The van der Waals surface area contributed by atoms with Crippen molar-refractivity contribution >= 4 is 17.9 Å². The Balaban J connectivity index is 3.08. The van der Waals surface area contributed by atoms with Crippen molar-refractivity contribution in [2.75, 3.05) is 32.6 Å². The summed E-state index contributed by atoms with van der Waals surface area (Å²) in [5.74, 6) is 1.05. The molecule has 4 nitrogen and oxygen atoms in total. The Bertz CT molecular complexity index is 166. The van der Waals surface area contributed by atoms with Crippen LogP contribution in [0.5, 0.6) is 0 Å². The molecule has 0 fully saturated rings. The van der Waals surface area contributed by atoms with Crippen molar-refractivity contribution < 1.29 is 9.53 Å². The summed E-state index contributed by atoms with van der Waals surface area (Å²) in [5, 5.41) is 3.01. The maximum Gasteiger partial charge on any atom is 0.232 e. The molecule has 0 aromatic heterocycles. The third-order valence-electron chi connectivity index (χ3n) is 1.73. The van der Waals surface area contributed by atoms with Crippen molar-refractivity contribution in [2.24, 2.45) is 5.92 Å². The van der Waals surface area contributed by atoms with Gasteiger partial charge >= 0.3 is 0 Å². The minimum absolute atomic E-state index is 0.0596. The Hall–Kier alpha value is -0.260. The van der Waals surface area contributed by atoms with Crippen molar-refractivity contribution in [1.82, 2.24) is 10.0 Å². The molecule has 0 aliphatic rings. The molecule has 90 valence electrons. The molecule has 0 atom stereocenters. The highest BCUT2D eigenvalue weighted by Crippen LogP contribution is 2.00. The second kappa shape index (κ2) is 10.3. The Labute approximate surface area is 96.7 Å². The molecule has 0 heterocycles. The Kier molecular flexibility index (Phi) is 10.1. The van der Waals surface area contributed by atoms with E-state index >= 15 is 0 Å². The molecule has 0 aliphatic heterocycles. The van der Waals surface area contributed by atoms with Crippen LogP contribution in [0, 0.1) is 5.92 Å². The van der Waals surface area contributed by atoms with Crippen molar-refractivity contribution in [2.45, 2.75) is 20.3 Å². The zero-order chi connectivity index (χ0) is 11.5. The fourth-order valence-corrected chi connectivity index (χ4v) is 1.49. The lowest BCUT2D eigenvalue weighted by Gasteiger charge is -2.06. The molecular weight excluding hydrogens is 212 g/mol. The maximum atomic E-state index is 11.1. The van der Waals surface area contributed by atoms with Crippen LogP contribution in [0.15, 0.2) is 0 Å². The van der Waals surface area contributed by atoms with E-state index in [4.69, 9.17) is 4.74 Å². The normalized spacial score (nSPS) is 10.7. The summed E-state index contributed by atoms with van der Waals surface area (Å²) in [4.78, 5) is 11.1. The van der Waals surface area contributed by atoms with Crippen LogP contribution in [-0.4, -0.2) is 38.5 Å². The Morgan fingerprint density at radius 3 is 2.73 bits per heavy atom. The number of rotatable bonds is 9. The van der Waals surface area contributed by atoms with E-state index in [1.54, 1.807) is 0 Å². The maximum absolute atomic E-state index is 11.1. The summed E-state index contributed by atoms with van der Waals surface area (Å²) < 4.78 is 8.13. The molecule has 0 aromatic carbocycles. The first-order valence-corrected chi connectivity index (χ1v) is 6.31. The van der Waals surface area contributed by atoms with Crippen LogP contribution in [0.3, 0.4) is 0 Å². The lowest BCUT2D eigenvalue weighted by atomic mass is 10.2. The molecule has 1 amide bonds. The Morgan fingerprint density at radius 1 is 1.40 bits per heavy atom. The van der Waals surface area contributed by atoms with Gasteiger partial charge in [0.15, 0.2) is 0 Å². The van der Waals surface area contributed by atoms with Crippen molar-refractivity contribution in [3.63, 3.8) is 0 Å². The molecule has 0 bridgehead atoms. The molecule has 0 saturated heterocycles. The molecule has 0 aromatic rings.